The Bertz CT molecular complexity index is 1380. The van der Waals surface area contributed by atoms with Gasteiger partial charge in [0, 0.05) is 0 Å². The van der Waals surface area contributed by atoms with E-state index in [2.05, 4.69) is 159 Å². The van der Waals surface area contributed by atoms with Crippen LogP contribution in [0, 0.1) is 6.92 Å². The average Bonchev–Trinajstić information content (AvgIpc) is 2.93. The van der Waals surface area contributed by atoms with Gasteiger partial charge in [-0.1, -0.05) is 145 Å². The molecule has 0 aliphatic carbocycles. The molecule has 0 heterocycles. The van der Waals surface area contributed by atoms with E-state index in [1.54, 1.807) is 0 Å². The standard InChI is InChI=1S/C35H28/c1-27-17-23-33(24-18-27)35(32-15-9-4-10-16-32)26-29-21-19-28(20-22-29)25-34(30-11-5-2-6-12-30)31-13-7-3-8-14-31/h2-26H,1H3/b35-26+. The summed E-state index contributed by atoms with van der Waals surface area (Å²) in [5.74, 6) is 0. The maximum absolute atomic E-state index is 2.28. The van der Waals surface area contributed by atoms with Crippen molar-refractivity contribution in [3.63, 3.8) is 0 Å². The zero-order chi connectivity index (χ0) is 23.9. The molecule has 0 aliphatic rings. The van der Waals surface area contributed by atoms with E-state index >= 15 is 0 Å². The van der Waals surface area contributed by atoms with Crippen molar-refractivity contribution in [2.75, 3.05) is 0 Å². The predicted octanol–water partition coefficient (Wildman–Crippen LogP) is 9.17. The van der Waals surface area contributed by atoms with Crippen LogP contribution >= 0.6 is 0 Å². The zero-order valence-corrected chi connectivity index (χ0v) is 19.9. The molecule has 0 radical (unpaired) electrons. The van der Waals surface area contributed by atoms with Gasteiger partial charge in [-0.3, -0.25) is 0 Å². The van der Waals surface area contributed by atoms with Crippen molar-refractivity contribution in [1.82, 2.24) is 0 Å². The average molecular weight is 449 g/mol. The summed E-state index contributed by atoms with van der Waals surface area (Å²) in [6.45, 7) is 2.13. The van der Waals surface area contributed by atoms with E-state index in [0.717, 1.165) is 0 Å². The topological polar surface area (TPSA) is 0 Å². The van der Waals surface area contributed by atoms with Crippen molar-refractivity contribution in [3.05, 3.63) is 178 Å². The van der Waals surface area contributed by atoms with Crippen molar-refractivity contribution in [1.29, 1.82) is 0 Å². The lowest BCUT2D eigenvalue weighted by Gasteiger charge is -2.11. The molecule has 168 valence electrons. The Hall–Kier alpha value is -4.42. The molecule has 0 saturated carbocycles. The normalized spacial score (nSPS) is 11.2. The molecule has 0 atom stereocenters. The van der Waals surface area contributed by atoms with Crippen LogP contribution < -0.4 is 0 Å². The third-order valence-corrected chi connectivity index (χ3v) is 6.18. The molecule has 0 aromatic heterocycles. The van der Waals surface area contributed by atoms with E-state index in [1.807, 2.05) is 0 Å². The van der Waals surface area contributed by atoms with Crippen LogP contribution in [0.3, 0.4) is 0 Å². The van der Waals surface area contributed by atoms with Crippen LogP contribution in [-0.4, -0.2) is 0 Å². The first-order valence-electron chi connectivity index (χ1n) is 12.0. The van der Waals surface area contributed by atoms with Gasteiger partial charge in [0.2, 0.25) is 0 Å². The second-order valence-corrected chi connectivity index (χ2v) is 8.75. The molecule has 0 bridgehead atoms. The Morgan fingerprint density at radius 3 is 1.03 bits per heavy atom. The summed E-state index contributed by atoms with van der Waals surface area (Å²) in [5, 5.41) is 0. The van der Waals surface area contributed by atoms with E-state index in [4.69, 9.17) is 0 Å². The Labute approximate surface area is 208 Å². The van der Waals surface area contributed by atoms with Gasteiger partial charge in [-0.25, -0.2) is 0 Å². The lowest BCUT2D eigenvalue weighted by molar-refractivity contribution is 1.45. The molecule has 5 aromatic rings. The monoisotopic (exact) mass is 448 g/mol. The molecule has 0 nitrogen and oxygen atoms in total. The Balaban J connectivity index is 1.52. The molecule has 0 amide bonds. The molecule has 0 aliphatic heterocycles. The summed E-state index contributed by atoms with van der Waals surface area (Å²) >= 11 is 0. The van der Waals surface area contributed by atoms with Crippen LogP contribution in [-0.2, 0) is 0 Å². The molecule has 35 heavy (non-hydrogen) atoms. The maximum Gasteiger partial charge on any atom is -0.0105 e. The van der Waals surface area contributed by atoms with Crippen molar-refractivity contribution in [3.8, 4) is 0 Å². The summed E-state index contributed by atoms with van der Waals surface area (Å²) in [5.41, 5.74) is 11.0. The van der Waals surface area contributed by atoms with Crippen molar-refractivity contribution >= 4 is 23.3 Å². The molecule has 0 N–H and O–H groups in total. The lowest BCUT2D eigenvalue weighted by atomic mass is 9.94. The first-order chi connectivity index (χ1) is 17.3. The van der Waals surface area contributed by atoms with Gasteiger partial charge in [0.1, 0.15) is 0 Å². The number of aryl methyl sites for hydroxylation is 1. The van der Waals surface area contributed by atoms with Gasteiger partial charge in [-0.15, -0.1) is 0 Å². The first kappa shape index (κ1) is 22.4. The van der Waals surface area contributed by atoms with Gasteiger partial charge in [-0.2, -0.15) is 0 Å². The molecule has 0 heteroatoms. The van der Waals surface area contributed by atoms with Crippen molar-refractivity contribution < 1.29 is 0 Å². The quantitative estimate of drug-likeness (QED) is 0.227. The molecule has 0 fully saturated rings. The highest BCUT2D eigenvalue weighted by Crippen LogP contribution is 2.28. The van der Waals surface area contributed by atoms with E-state index < -0.39 is 0 Å². The van der Waals surface area contributed by atoms with Gasteiger partial charge in [0.05, 0.1) is 0 Å². The molecule has 0 spiro atoms. The van der Waals surface area contributed by atoms with Gasteiger partial charge >= 0.3 is 0 Å². The summed E-state index contributed by atoms with van der Waals surface area (Å²) < 4.78 is 0. The highest BCUT2D eigenvalue weighted by Gasteiger charge is 2.07. The molecule has 5 aromatic carbocycles. The second-order valence-electron chi connectivity index (χ2n) is 8.75. The fourth-order valence-corrected chi connectivity index (χ4v) is 4.27. The van der Waals surface area contributed by atoms with Gasteiger partial charge in [-0.05, 0) is 63.6 Å². The summed E-state index contributed by atoms with van der Waals surface area (Å²) in [6, 6.07) is 49.4. The Morgan fingerprint density at radius 1 is 0.371 bits per heavy atom. The van der Waals surface area contributed by atoms with Crippen LogP contribution in [0.1, 0.15) is 38.9 Å². The van der Waals surface area contributed by atoms with E-state index in [0.29, 0.717) is 0 Å². The fraction of sp³-hybridized carbons (Fsp3) is 0.0286. The molecular weight excluding hydrogens is 420 g/mol. The van der Waals surface area contributed by atoms with Crippen LogP contribution in [0.2, 0.25) is 0 Å². The van der Waals surface area contributed by atoms with Crippen molar-refractivity contribution in [2.24, 2.45) is 0 Å². The molecule has 0 saturated heterocycles. The van der Waals surface area contributed by atoms with Crippen LogP contribution in [0.5, 0.6) is 0 Å². The number of hydrogen-bond donors (Lipinski definition) is 0. The minimum atomic E-state index is 1.18. The van der Waals surface area contributed by atoms with Crippen LogP contribution in [0.25, 0.3) is 23.3 Å². The summed E-state index contributed by atoms with van der Waals surface area (Å²) in [7, 11) is 0. The maximum atomic E-state index is 2.28. The van der Waals surface area contributed by atoms with Crippen LogP contribution in [0.4, 0.5) is 0 Å². The summed E-state index contributed by atoms with van der Waals surface area (Å²) in [6.07, 6.45) is 4.55. The van der Waals surface area contributed by atoms with Crippen molar-refractivity contribution in [2.45, 2.75) is 6.92 Å². The Kier molecular flexibility index (Phi) is 6.82. The Morgan fingerprint density at radius 2 is 0.686 bits per heavy atom. The largest absolute Gasteiger partial charge is 0.0622 e. The third-order valence-electron chi connectivity index (χ3n) is 6.18. The molecule has 5 rings (SSSR count). The number of hydrogen-bond acceptors (Lipinski definition) is 0. The zero-order valence-electron chi connectivity index (χ0n) is 19.9. The smallest absolute Gasteiger partial charge is 0.0105 e. The van der Waals surface area contributed by atoms with E-state index in [1.165, 1.54) is 50.1 Å². The molecule has 0 unspecified atom stereocenters. The number of benzene rings is 5. The highest BCUT2D eigenvalue weighted by atomic mass is 14.1. The third kappa shape index (κ3) is 5.57. The second kappa shape index (κ2) is 10.7. The molecular formula is C35H28. The lowest BCUT2D eigenvalue weighted by Crippen LogP contribution is -1.89. The SMILES string of the molecule is Cc1ccc(/C(=C/c2ccc(C=C(c3ccccc3)c3ccccc3)cc2)c2ccccc2)cc1. The fourth-order valence-electron chi connectivity index (χ4n) is 4.27. The minimum Gasteiger partial charge on any atom is -0.0622 e. The highest BCUT2D eigenvalue weighted by molar-refractivity contribution is 5.93. The predicted molar refractivity (Wildman–Crippen MR) is 151 cm³/mol. The minimum absolute atomic E-state index is 1.18. The van der Waals surface area contributed by atoms with E-state index in [9.17, 15) is 0 Å². The summed E-state index contributed by atoms with van der Waals surface area (Å²) in [4.78, 5) is 0. The van der Waals surface area contributed by atoms with Gasteiger partial charge in [0.25, 0.3) is 0 Å². The van der Waals surface area contributed by atoms with Gasteiger partial charge in [0.15, 0.2) is 0 Å². The van der Waals surface area contributed by atoms with E-state index in [-0.39, 0.29) is 0 Å². The van der Waals surface area contributed by atoms with Crippen LogP contribution in [0.15, 0.2) is 140 Å². The van der Waals surface area contributed by atoms with Gasteiger partial charge < -0.3 is 0 Å². The number of rotatable bonds is 6. The first-order valence-corrected chi connectivity index (χ1v) is 12.0.